The molecule has 0 saturated carbocycles. The molecule has 0 aliphatic rings. The van der Waals surface area contributed by atoms with Crippen molar-refractivity contribution in [1.29, 1.82) is 0 Å². The van der Waals surface area contributed by atoms with Crippen LogP contribution in [0.1, 0.15) is 67.4 Å². The minimum absolute atomic E-state index is 0.0264. The number of aliphatic hydroxyl groups is 2. The molecule has 10 nitrogen and oxygen atoms in total. The summed E-state index contributed by atoms with van der Waals surface area (Å²) in [7, 11) is 0. The van der Waals surface area contributed by atoms with E-state index in [1.54, 1.807) is 55.4 Å². The number of aliphatic hydroxyl groups excluding tert-OH is 2. The lowest BCUT2D eigenvalue weighted by Gasteiger charge is -2.29. The molecule has 1 aromatic rings. The molecule has 4 amide bonds. The fourth-order valence-electron chi connectivity index (χ4n) is 3.46. The minimum atomic E-state index is -1.70. The molecule has 1 rings (SSSR count). The van der Waals surface area contributed by atoms with Crippen LogP contribution in [0.5, 0.6) is 0 Å². The Morgan fingerprint density at radius 1 is 0.854 bits per heavy atom. The Kier molecular flexibility index (Phi) is 12.9. The molecule has 0 heterocycles. The first-order valence-corrected chi connectivity index (χ1v) is 13.6. The van der Waals surface area contributed by atoms with Crippen LogP contribution in [0.2, 0.25) is 0 Å². The van der Waals surface area contributed by atoms with Crippen molar-refractivity contribution in [3.8, 4) is 0 Å². The van der Waals surface area contributed by atoms with Crippen molar-refractivity contribution in [2.24, 2.45) is 16.2 Å². The maximum absolute atomic E-state index is 14.3. The summed E-state index contributed by atoms with van der Waals surface area (Å²) in [6, 6.07) is 0.990. The summed E-state index contributed by atoms with van der Waals surface area (Å²) in [4.78, 5) is 50.1. The maximum atomic E-state index is 14.3. The van der Waals surface area contributed by atoms with Crippen LogP contribution in [0.4, 0.5) is 8.78 Å². The molecule has 12 heteroatoms. The quantitative estimate of drug-likeness (QED) is 0.207. The molecule has 6 N–H and O–H groups in total. The Balaban J connectivity index is 2.78. The Bertz CT molecular complexity index is 1080. The molecule has 0 aromatic heterocycles. The molecule has 0 unspecified atom stereocenters. The highest BCUT2D eigenvalue weighted by molar-refractivity contribution is 5.85. The van der Waals surface area contributed by atoms with Gasteiger partial charge in [-0.25, -0.2) is 8.78 Å². The Hall–Kier alpha value is -3.12. The fourth-order valence-corrected chi connectivity index (χ4v) is 3.46. The summed E-state index contributed by atoms with van der Waals surface area (Å²) in [5.41, 5.74) is -2.22. The van der Waals surface area contributed by atoms with E-state index in [4.69, 9.17) is 0 Å². The SMILES string of the molecule is CC(C)(CNC(=O)C[C@H](Cc1cc(F)ccc1F)NC(=O)C(C)(C)C)CNC(=O)[C@@H](O)[C@@H](CO)NC(=O)C(C)(C)C. The molecule has 0 bridgehead atoms. The van der Waals surface area contributed by atoms with Crippen molar-refractivity contribution in [2.45, 2.75) is 86.4 Å². The van der Waals surface area contributed by atoms with Crippen molar-refractivity contribution in [1.82, 2.24) is 21.3 Å². The highest BCUT2D eigenvalue weighted by atomic mass is 19.1. The predicted octanol–water partition coefficient (Wildman–Crippen LogP) is 1.57. The van der Waals surface area contributed by atoms with E-state index >= 15 is 0 Å². The van der Waals surface area contributed by atoms with Crippen LogP contribution in [-0.2, 0) is 25.6 Å². The molecule has 41 heavy (non-hydrogen) atoms. The highest BCUT2D eigenvalue weighted by Crippen LogP contribution is 2.18. The molecule has 3 atom stereocenters. The van der Waals surface area contributed by atoms with Crippen molar-refractivity contribution >= 4 is 23.6 Å². The van der Waals surface area contributed by atoms with Crippen molar-refractivity contribution in [3.05, 3.63) is 35.4 Å². The summed E-state index contributed by atoms with van der Waals surface area (Å²) in [5.74, 6) is -3.34. The van der Waals surface area contributed by atoms with E-state index in [2.05, 4.69) is 21.3 Å². The zero-order chi connectivity index (χ0) is 31.8. The first-order valence-electron chi connectivity index (χ1n) is 13.6. The molecule has 0 radical (unpaired) electrons. The molecule has 0 fully saturated rings. The number of rotatable bonds is 13. The van der Waals surface area contributed by atoms with E-state index in [-0.39, 0.29) is 37.4 Å². The number of hydrogen-bond donors (Lipinski definition) is 6. The van der Waals surface area contributed by atoms with Gasteiger partial charge < -0.3 is 31.5 Å². The number of nitrogens with one attached hydrogen (secondary N) is 4. The Morgan fingerprint density at radius 2 is 1.39 bits per heavy atom. The van der Waals surface area contributed by atoms with Gasteiger partial charge in [-0.05, 0) is 35.6 Å². The van der Waals surface area contributed by atoms with Crippen molar-refractivity contribution in [3.63, 3.8) is 0 Å². The number of halogens is 2. The van der Waals surface area contributed by atoms with Gasteiger partial charge in [-0.2, -0.15) is 0 Å². The van der Waals surface area contributed by atoms with Gasteiger partial charge in [-0.1, -0.05) is 55.4 Å². The smallest absolute Gasteiger partial charge is 0.251 e. The zero-order valence-electron chi connectivity index (χ0n) is 25.3. The second-order valence-electron chi connectivity index (χ2n) is 13.2. The number of carbonyl (C=O) groups excluding carboxylic acids is 4. The largest absolute Gasteiger partial charge is 0.394 e. The number of carbonyl (C=O) groups is 4. The number of amides is 4. The van der Waals surface area contributed by atoms with Crippen LogP contribution >= 0.6 is 0 Å². The van der Waals surface area contributed by atoms with E-state index in [0.29, 0.717) is 0 Å². The molecular weight excluding hydrogens is 538 g/mol. The monoisotopic (exact) mass is 584 g/mol. The molecule has 0 spiro atoms. The minimum Gasteiger partial charge on any atom is -0.394 e. The van der Waals surface area contributed by atoms with Crippen LogP contribution in [0.25, 0.3) is 0 Å². The number of benzene rings is 1. The van der Waals surface area contributed by atoms with Crippen LogP contribution in [0.15, 0.2) is 18.2 Å². The van der Waals surface area contributed by atoms with Gasteiger partial charge in [0.05, 0.1) is 12.6 Å². The Morgan fingerprint density at radius 3 is 1.93 bits per heavy atom. The first kappa shape index (κ1) is 35.9. The highest BCUT2D eigenvalue weighted by Gasteiger charge is 2.32. The van der Waals surface area contributed by atoms with E-state index in [1.807, 2.05) is 0 Å². The van der Waals surface area contributed by atoms with Gasteiger partial charge >= 0.3 is 0 Å². The second kappa shape index (κ2) is 14.7. The average Bonchev–Trinajstić information content (AvgIpc) is 2.85. The van der Waals surface area contributed by atoms with E-state index in [9.17, 15) is 38.2 Å². The Labute approximate surface area is 241 Å². The lowest BCUT2D eigenvalue weighted by Crippen LogP contribution is -2.55. The molecular formula is C29H46F2N4O6. The van der Waals surface area contributed by atoms with E-state index < -0.39 is 70.4 Å². The maximum Gasteiger partial charge on any atom is 0.251 e. The predicted molar refractivity (Wildman–Crippen MR) is 150 cm³/mol. The second-order valence-corrected chi connectivity index (χ2v) is 13.2. The van der Waals surface area contributed by atoms with Crippen LogP contribution in [0.3, 0.4) is 0 Å². The van der Waals surface area contributed by atoms with Gasteiger partial charge in [0, 0.05) is 36.4 Å². The van der Waals surface area contributed by atoms with Gasteiger partial charge in [0.2, 0.25) is 17.7 Å². The lowest BCUT2D eigenvalue weighted by molar-refractivity contribution is -0.135. The van der Waals surface area contributed by atoms with Gasteiger partial charge in [-0.15, -0.1) is 0 Å². The molecule has 0 saturated heterocycles. The summed E-state index contributed by atoms with van der Waals surface area (Å²) >= 11 is 0. The summed E-state index contributed by atoms with van der Waals surface area (Å²) in [5, 5.41) is 30.4. The number of hydrogen-bond acceptors (Lipinski definition) is 6. The first-order chi connectivity index (χ1) is 18.7. The summed E-state index contributed by atoms with van der Waals surface area (Å²) in [6.07, 6.45) is -2.01. The summed E-state index contributed by atoms with van der Waals surface area (Å²) in [6.45, 7) is 13.0. The topological polar surface area (TPSA) is 157 Å². The standard InChI is InChI=1S/C29H46F2N4O6/c1-27(2,3)25(40)34-19(12-17-11-18(30)9-10-20(17)31)13-22(37)32-15-29(7,8)16-33-24(39)23(38)21(14-36)35-26(41)28(4,5)6/h9-11,19,21,23,36,38H,12-16H2,1-8H3,(H,32,37)(H,33,39)(H,34,40)(H,35,41)/t19-,21+,23-/m0/s1. The van der Waals surface area contributed by atoms with Gasteiger partial charge in [-0.3, -0.25) is 19.2 Å². The molecule has 1 aromatic carbocycles. The average molecular weight is 585 g/mol. The van der Waals surface area contributed by atoms with E-state index in [0.717, 1.165) is 18.2 Å². The van der Waals surface area contributed by atoms with Crippen LogP contribution in [-0.4, -0.2) is 71.7 Å². The van der Waals surface area contributed by atoms with Gasteiger partial charge in [0.1, 0.15) is 11.6 Å². The van der Waals surface area contributed by atoms with Crippen LogP contribution in [0, 0.1) is 27.9 Å². The van der Waals surface area contributed by atoms with Gasteiger partial charge in [0.25, 0.3) is 5.91 Å². The molecule has 0 aliphatic heterocycles. The fraction of sp³-hybridized carbons (Fsp3) is 0.655. The van der Waals surface area contributed by atoms with E-state index in [1.165, 1.54) is 0 Å². The third kappa shape index (κ3) is 12.5. The van der Waals surface area contributed by atoms with Crippen molar-refractivity contribution < 1.29 is 38.2 Å². The lowest BCUT2D eigenvalue weighted by atomic mass is 9.92. The van der Waals surface area contributed by atoms with Crippen LogP contribution < -0.4 is 21.3 Å². The molecule has 232 valence electrons. The summed E-state index contributed by atoms with van der Waals surface area (Å²) < 4.78 is 28.0. The third-order valence-corrected chi connectivity index (χ3v) is 6.27. The van der Waals surface area contributed by atoms with Crippen molar-refractivity contribution in [2.75, 3.05) is 19.7 Å². The van der Waals surface area contributed by atoms with Gasteiger partial charge in [0.15, 0.2) is 6.10 Å². The third-order valence-electron chi connectivity index (χ3n) is 6.27. The zero-order valence-corrected chi connectivity index (χ0v) is 25.3. The molecule has 0 aliphatic carbocycles. The normalized spacial score (nSPS) is 14.4.